The third-order valence-corrected chi connectivity index (χ3v) is 3.26. The van der Waals surface area contributed by atoms with Gasteiger partial charge in [-0.3, -0.25) is 15.0 Å². The number of rotatable bonds is 6. The Kier molecular flexibility index (Phi) is 5.22. The Hall–Kier alpha value is -2.48. The number of carboxylic acid groups (broad SMARTS) is 1. The molecule has 2 rings (SSSR count). The second-order valence-corrected chi connectivity index (χ2v) is 4.98. The molecule has 0 fully saturated rings. The summed E-state index contributed by atoms with van der Waals surface area (Å²) in [6.07, 6.45) is 1.85. The van der Waals surface area contributed by atoms with Gasteiger partial charge < -0.3 is 5.11 Å². The molecule has 110 valence electrons. The molecule has 0 aliphatic carbocycles. The number of amides is 2. The van der Waals surface area contributed by atoms with Gasteiger partial charge in [-0.25, -0.2) is 4.79 Å². The molecular formula is C13H14N4O3S. The maximum Gasteiger partial charge on any atom is 0.327 e. The number of anilines is 2. The number of carbonyl (C=O) groups excluding carboxylic acids is 1. The number of benzene rings is 1. The fourth-order valence-corrected chi connectivity index (χ4v) is 2.15. The van der Waals surface area contributed by atoms with Crippen molar-refractivity contribution >= 4 is 34.2 Å². The lowest BCUT2D eigenvalue weighted by Gasteiger charge is -2.22. The van der Waals surface area contributed by atoms with E-state index in [2.05, 4.69) is 14.9 Å². The van der Waals surface area contributed by atoms with Crippen molar-refractivity contribution in [1.82, 2.24) is 9.59 Å². The van der Waals surface area contributed by atoms with Gasteiger partial charge in [0.25, 0.3) is 0 Å². The predicted molar refractivity (Wildman–Crippen MR) is 79.6 cm³/mol. The molecule has 0 bridgehead atoms. The summed E-state index contributed by atoms with van der Waals surface area (Å²) in [4.78, 5) is 24.4. The second kappa shape index (κ2) is 7.34. The molecule has 0 radical (unpaired) electrons. The van der Waals surface area contributed by atoms with Crippen LogP contribution in [0.2, 0.25) is 0 Å². The van der Waals surface area contributed by atoms with Crippen LogP contribution in [0, 0.1) is 0 Å². The van der Waals surface area contributed by atoms with Crippen LogP contribution in [0.25, 0.3) is 0 Å². The summed E-state index contributed by atoms with van der Waals surface area (Å²) in [7, 11) is 0. The molecule has 0 saturated heterocycles. The Morgan fingerprint density at radius 3 is 2.67 bits per heavy atom. The van der Waals surface area contributed by atoms with Crippen molar-refractivity contribution < 1.29 is 14.7 Å². The molecule has 7 nitrogen and oxygen atoms in total. The number of hydrogen-bond donors (Lipinski definition) is 2. The highest BCUT2D eigenvalue weighted by molar-refractivity contribution is 7.10. The average molecular weight is 306 g/mol. The Bertz CT molecular complexity index is 589. The maximum absolute atomic E-state index is 12.3. The van der Waals surface area contributed by atoms with Crippen molar-refractivity contribution in [3.63, 3.8) is 0 Å². The maximum atomic E-state index is 12.3. The van der Waals surface area contributed by atoms with Crippen molar-refractivity contribution in [2.24, 2.45) is 0 Å². The number of aromatic nitrogens is 2. The van der Waals surface area contributed by atoms with E-state index in [4.69, 9.17) is 5.11 Å². The summed E-state index contributed by atoms with van der Waals surface area (Å²) in [5.74, 6) is -0.880. The smallest absolute Gasteiger partial charge is 0.327 e. The van der Waals surface area contributed by atoms with Crippen molar-refractivity contribution in [1.29, 1.82) is 0 Å². The van der Waals surface area contributed by atoms with Crippen molar-refractivity contribution in [2.45, 2.75) is 12.8 Å². The molecule has 8 heteroatoms. The molecule has 0 atom stereocenters. The van der Waals surface area contributed by atoms with Gasteiger partial charge in [-0.05, 0) is 18.6 Å². The second-order valence-electron chi connectivity index (χ2n) is 4.20. The topological polar surface area (TPSA) is 95.4 Å². The van der Waals surface area contributed by atoms with Gasteiger partial charge in [0.2, 0.25) is 0 Å². The summed E-state index contributed by atoms with van der Waals surface area (Å²) in [6.45, 7) is 0.314. The van der Waals surface area contributed by atoms with Crippen LogP contribution in [0.5, 0.6) is 0 Å². The summed E-state index contributed by atoms with van der Waals surface area (Å²) in [5, 5.41) is 15.6. The Labute approximate surface area is 125 Å². The molecule has 1 aromatic carbocycles. The summed E-state index contributed by atoms with van der Waals surface area (Å²) >= 11 is 1.08. The zero-order valence-corrected chi connectivity index (χ0v) is 11.9. The van der Waals surface area contributed by atoms with E-state index >= 15 is 0 Å². The largest absolute Gasteiger partial charge is 0.481 e. The SMILES string of the molecule is O=C(O)CCCN(C(=O)Nc1cnns1)c1ccccc1. The van der Waals surface area contributed by atoms with E-state index in [1.54, 1.807) is 12.1 Å². The highest BCUT2D eigenvalue weighted by Crippen LogP contribution is 2.17. The van der Waals surface area contributed by atoms with Crippen LogP contribution in [0.15, 0.2) is 36.5 Å². The molecule has 1 aromatic heterocycles. The number of nitrogens with zero attached hydrogens (tertiary/aromatic N) is 3. The quantitative estimate of drug-likeness (QED) is 0.854. The standard InChI is InChI=1S/C13H14N4O3S/c18-12(19)7-4-8-17(10-5-2-1-3-6-10)13(20)15-11-9-14-16-21-11/h1-3,5-6,9H,4,7-8H2,(H,15,20)(H,18,19). The van der Waals surface area contributed by atoms with Crippen molar-refractivity contribution in [3.05, 3.63) is 36.5 Å². The highest BCUT2D eigenvalue weighted by atomic mass is 32.1. The molecule has 2 N–H and O–H groups in total. The minimum atomic E-state index is -0.880. The predicted octanol–water partition coefficient (Wildman–Crippen LogP) is 2.44. The monoisotopic (exact) mass is 306 g/mol. The fourth-order valence-electron chi connectivity index (χ4n) is 1.74. The number of urea groups is 1. The summed E-state index contributed by atoms with van der Waals surface area (Å²) in [5.41, 5.74) is 0.706. The van der Waals surface area contributed by atoms with Crippen molar-refractivity contribution in [2.75, 3.05) is 16.8 Å². The van der Waals surface area contributed by atoms with E-state index in [0.717, 1.165) is 11.5 Å². The van der Waals surface area contributed by atoms with Gasteiger partial charge in [0, 0.05) is 30.2 Å². The first-order chi connectivity index (χ1) is 10.2. The molecule has 0 aliphatic heterocycles. The highest BCUT2D eigenvalue weighted by Gasteiger charge is 2.16. The minimum Gasteiger partial charge on any atom is -0.481 e. The number of hydrogen-bond acceptors (Lipinski definition) is 5. The number of para-hydroxylation sites is 1. The van der Waals surface area contributed by atoms with Crippen LogP contribution in [0.1, 0.15) is 12.8 Å². The first kappa shape index (κ1) is 14.9. The molecular weight excluding hydrogens is 292 g/mol. The molecule has 2 aromatic rings. The molecule has 2 amide bonds. The number of carbonyl (C=O) groups is 2. The van der Waals surface area contributed by atoms with Crippen LogP contribution in [0.3, 0.4) is 0 Å². The van der Waals surface area contributed by atoms with Crippen LogP contribution < -0.4 is 10.2 Å². The third kappa shape index (κ3) is 4.53. The van der Waals surface area contributed by atoms with Gasteiger partial charge >= 0.3 is 12.0 Å². The lowest BCUT2D eigenvalue weighted by molar-refractivity contribution is -0.137. The first-order valence-corrected chi connectivity index (χ1v) is 7.07. The molecule has 1 heterocycles. The Balaban J connectivity index is 2.07. The van der Waals surface area contributed by atoms with Crippen LogP contribution in [-0.2, 0) is 4.79 Å². The number of aliphatic carboxylic acids is 1. The summed E-state index contributed by atoms with van der Waals surface area (Å²) < 4.78 is 3.67. The molecule has 0 spiro atoms. The Morgan fingerprint density at radius 2 is 2.05 bits per heavy atom. The summed E-state index contributed by atoms with van der Waals surface area (Å²) in [6, 6.07) is 8.75. The van der Waals surface area contributed by atoms with Crippen LogP contribution in [-0.4, -0.2) is 33.2 Å². The normalized spacial score (nSPS) is 10.1. The zero-order valence-electron chi connectivity index (χ0n) is 11.1. The van der Waals surface area contributed by atoms with E-state index in [9.17, 15) is 9.59 Å². The van der Waals surface area contributed by atoms with Gasteiger partial charge in [-0.2, -0.15) is 0 Å². The van der Waals surface area contributed by atoms with Crippen LogP contribution >= 0.6 is 11.5 Å². The molecule has 0 unspecified atom stereocenters. The van der Waals surface area contributed by atoms with E-state index < -0.39 is 5.97 Å². The molecule has 0 saturated carbocycles. The van der Waals surface area contributed by atoms with Gasteiger partial charge in [0.1, 0.15) is 5.00 Å². The van der Waals surface area contributed by atoms with Gasteiger partial charge in [0.05, 0.1) is 6.20 Å². The first-order valence-electron chi connectivity index (χ1n) is 6.29. The number of carboxylic acids is 1. The van der Waals surface area contributed by atoms with Crippen LogP contribution in [0.4, 0.5) is 15.5 Å². The Morgan fingerprint density at radius 1 is 1.29 bits per heavy atom. The van der Waals surface area contributed by atoms with E-state index in [1.165, 1.54) is 11.1 Å². The minimum absolute atomic E-state index is 0.0126. The van der Waals surface area contributed by atoms with Gasteiger partial charge in [0.15, 0.2) is 0 Å². The van der Waals surface area contributed by atoms with E-state index in [1.807, 2.05) is 18.2 Å². The van der Waals surface area contributed by atoms with Crippen molar-refractivity contribution in [3.8, 4) is 0 Å². The lowest BCUT2D eigenvalue weighted by atomic mass is 10.2. The van der Waals surface area contributed by atoms with E-state index in [0.29, 0.717) is 23.7 Å². The van der Waals surface area contributed by atoms with E-state index in [-0.39, 0.29) is 12.5 Å². The third-order valence-electron chi connectivity index (χ3n) is 2.68. The average Bonchev–Trinajstić information content (AvgIpc) is 2.97. The van der Waals surface area contributed by atoms with Gasteiger partial charge in [-0.1, -0.05) is 22.7 Å². The fraction of sp³-hybridized carbons (Fsp3) is 0.231. The zero-order chi connectivity index (χ0) is 15.1. The van der Waals surface area contributed by atoms with Gasteiger partial charge in [-0.15, -0.1) is 5.10 Å². The lowest BCUT2D eigenvalue weighted by Crippen LogP contribution is -2.35. The molecule has 21 heavy (non-hydrogen) atoms. The number of nitrogens with one attached hydrogen (secondary N) is 1. The molecule has 0 aliphatic rings.